The minimum absolute atomic E-state index is 0. The van der Waals surface area contributed by atoms with Gasteiger partial charge < -0.3 is 6.42 Å². The number of alkyl halides is 2. The molecule has 0 saturated heterocycles. The molecule has 1 atom stereocenters. The molecule has 0 amide bonds. The van der Waals surface area contributed by atoms with E-state index in [-0.39, 0.29) is 56.9 Å². The second-order valence-corrected chi connectivity index (χ2v) is 3.05. The first kappa shape index (κ1) is 11.8. The van der Waals surface area contributed by atoms with Crippen molar-refractivity contribution in [2.75, 3.05) is 0 Å². The normalized spacial score (nSPS) is 19.8. The summed E-state index contributed by atoms with van der Waals surface area (Å²) >= 11 is 0. The Bertz CT molecular complexity index is 244. The third-order valence-corrected chi connectivity index (χ3v) is 2.09. The number of hydrogen-bond acceptors (Lipinski definition) is 0. The van der Waals surface area contributed by atoms with Gasteiger partial charge in [-0.3, -0.25) is 0 Å². The van der Waals surface area contributed by atoms with E-state index in [1.54, 1.807) is 12.1 Å². The van der Waals surface area contributed by atoms with Crippen molar-refractivity contribution in [3.8, 4) is 0 Å². The molecule has 1 aromatic rings. The van der Waals surface area contributed by atoms with Crippen LogP contribution in [0.5, 0.6) is 0 Å². The number of hydrogen-bond donors (Lipinski definition) is 0. The van der Waals surface area contributed by atoms with Crippen LogP contribution in [0, 0.1) is 6.42 Å². The summed E-state index contributed by atoms with van der Waals surface area (Å²) in [5.74, 6) is 0.525. The third-order valence-electron chi connectivity index (χ3n) is 2.09. The van der Waals surface area contributed by atoms with E-state index < -0.39 is 6.43 Å². The molecule has 64 valence electrons. The van der Waals surface area contributed by atoms with Gasteiger partial charge >= 0.3 is 51.4 Å². The van der Waals surface area contributed by atoms with Gasteiger partial charge in [0.1, 0.15) is 0 Å². The van der Waals surface area contributed by atoms with Crippen molar-refractivity contribution in [3.05, 3.63) is 41.8 Å². The Balaban J connectivity index is 0.000000845. The van der Waals surface area contributed by atoms with Gasteiger partial charge in [-0.1, -0.05) is 29.8 Å². The average molecular weight is 206 g/mol. The van der Waals surface area contributed by atoms with Gasteiger partial charge in [0.15, 0.2) is 0 Å². The van der Waals surface area contributed by atoms with Crippen molar-refractivity contribution in [2.24, 2.45) is 0 Å². The van der Waals surface area contributed by atoms with Crippen LogP contribution >= 0.6 is 0 Å². The van der Waals surface area contributed by atoms with E-state index in [0.717, 1.165) is 12.0 Å². The quantitative estimate of drug-likeness (QED) is 0.483. The van der Waals surface area contributed by atoms with Gasteiger partial charge in [-0.2, -0.15) is 12.3 Å². The second-order valence-electron chi connectivity index (χ2n) is 3.05. The van der Waals surface area contributed by atoms with E-state index >= 15 is 0 Å². The molecule has 1 fully saturated rings. The Morgan fingerprint density at radius 1 is 1.23 bits per heavy atom. The van der Waals surface area contributed by atoms with Crippen molar-refractivity contribution < 1.29 is 60.2 Å². The van der Waals surface area contributed by atoms with Gasteiger partial charge in [0.2, 0.25) is 0 Å². The van der Waals surface area contributed by atoms with E-state index in [1.807, 2.05) is 0 Å². The number of rotatable bonds is 2. The van der Waals surface area contributed by atoms with Crippen LogP contribution in [-0.2, 0) is 0 Å². The van der Waals surface area contributed by atoms with Crippen LogP contribution in [0.1, 0.15) is 29.9 Å². The van der Waals surface area contributed by atoms with Crippen molar-refractivity contribution in [3.63, 3.8) is 0 Å². The first-order valence-electron chi connectivity index (χ1n) is 3.98. The summed E-state index contributed by atoms with van der Waals surface area (Å²) in [6, 6.07) is 6.59. The number of halogens is 2. The van der Waals surface area contributed by atoms with E-state index in [1.165, 1.54) is 12.1 Å². The molecule has 1 saturated carbocycles. The Labute approximate surface area is 119 Å². The molecule has 0 nitrogen and oxygen atoms in total. The molecular weight excluding hydrogens is 197 g/mol. The van der Waals surface area contributed by atoms with Gasteiger partial charge in [0, 0.05) is 5.56 Å². The second kappa shape index (κ2) is 4.98. The first-order chi connectivity index (χ1) is 5.77. The Morgan fingerprint density at radius 2 is 1.77 bits per heavy atom. The van der Waals surface area contributed by atoms with Crippen molar-refractivity contribution in [2.45, 2.75) is 18.8 Å². The summed E-state index contributed by atoms with van der Waals surface area (Å²) in [7, 11) is 0. The maximum absolute atomic E-state index is 12.1. The minimum atomic E-state index is -2.35. The van der Waals surface area contributed by atoms with Crippen molar-refractivity contribution in [1.29, 1.82) is 0 Å². The molecule has 1 aliphatic carbocycles. The van der Waals surface area contributed by atoms with Gasteiger partial charge in [-0.15, -0.1) is 0 Å². The van der Waals surface area contributed by atoms with Gasteiger partial charge in [0.25, 0.3) is 6.43 Å². The molecule has 0 unspecified atom stereocenters. The van der Waals surface area contributed by atoms with E-state index in [4.69, 9.17) is 0 Å². The smallest absolute Gasteiger partial charge is 0.325 e. The van der Waals surface area contributed by atoms with Crippen molar-refractivity contribution >= 4 is 0 Å². The predicted molar refractivity (Wildman–Crippen MR) is 43.1 cm³/mol. The topological polar surface area (TPSA) is 0 Å². The number of benzene rings is 1. The summed E-state index contributed by atoms with van der Waals surface area (Å²) in [4.78, 5) is 0. The zero-order chi connectivity index (χ0) is 8.55. The third kappa shape index (κ3) is 3.10. The molecule has 0 spiro atoms. The Morgan fingerprint density at radius 3 is 2.15 bits per heavy atom. The van der Waals surface area contributed by atoms with Gasteiger partial charge in [-0.05, 0) is 0 Å². The van der Waals surface area contributed by atoms with Crippen LogP contribution in [0.3, 0.4) is 0 Å². The molecule has 1 aliphatic rings. The summed E-state index contributed by atoms with van der Waals surface area (Å²) in [6.45, 7) is 0. The van der Waals surface area contributed by atoms with Crippen LogP contribution in [0.25, 0.3) is 0 Å². The van der Waals surface area contributed by atoms with Gasteiger partial charge in [0.05, 0.1) is 0 Å². The molecule has 13 heavy (non-hydrogen) atoms. The summed E-state index contributed by atoms with van der Waals surface area (Å²) < 4.78 is 24.2. The molecule has 0 radical (unpaired) electrons. The van der Waals surface area contributed by atoms with Crippen LogP contribution in [0.4, 0.5) is 8.78 Å². The summed E-state index contributed by atoms with van der Waals surface area (Å²) in [5.41, 5.74) is 1.26. The van der Waals surface area contributed by atoms with Crippen LogP contribution in [-0.4, -0.2) is 0 Å². The fourth-order valence-corrected chi connectivity index (χ4v) is 1.23. The monoisotopic (exact) mass is 206 g/mol. The first-order valence-corrected chi connectivity index (χ1v) is 3.98. The van der Waals surface area contributed by atoms with E-state index in [0.29, 0.717) is 5.92 Å². The average Bonchev–Trinajstić information content (AvgIpc) is 2.87. The predicted octanol–water partition coefficient (Wildman–Crippen LogP) is 0.320. The summed E-state index contributed by atoms with van der Waals surface area (Å²) in [6.07, 6.45) is 0.910. The van der Waals surface area contributed by atoms with Crippen LogP contribution < -0.4 is 51.4 Å². The molecule has 0 aromatic heterocycles. The maximum Gasteiger partial charge on any atom is 1.00 e. The molecular formula is C10H9F2K. The molecule has 1 aromatic carbocycles. The van der Waals surface area contributed by atoms with E-state index in [9.17, 15) is 8.78 Å². The summed E-state index contributed by atoms with van der Waals surface area (Å²) in [5, 5.41) is 0. The molecule has 0 bridgehead atoms. The molecule has 0 aliphatic heterocycles. The molecule has 3 heteroatoms. The van der Waals surface area contributed by atoms with Gasteiger partial charge in [-0.25, -0.2) is 8.78 Å². The van der Waals surface area contributed by atoms with Crippen LogP contribution in [0.15, 0.2) is 24.3 Å². The zero-order valence-corrected chi connectivity index (χ0v) is 10.6. The molecule has 0 heterocycles. The Kier molecular flexibility index (Phi) is 4.52. The minimum Gasteiger partial charge on any atom is -0.325 e. The standard InChI is InChI=1S/C10H9F2.K/c11-10(12)9-5-3-8(4-6-9)7-1-2-7;/h1,3-7,10H,2H2;/q-1;+1/t7-;/m1./s1. The SMILES string of the molecule is FC(F)c1ccc([C@@H]2[CH-]C2)cc1.[K+]. The molecule has 2 rings (SSSR count). The fraction of sp³-hybridized carbons (Fsp3) is 0.300. The fourth-order valence-electron chi connectivity index (χ4n) is 1.23. The van der Waals surface area contributed by atoms with E-state index in [2.05, 4.69) is 6.42 Å². The Hall–Kier alpha value is 0.716. The zero-order valence-electron chi connectivity index (χ0n) is 7.50. The molecule has 0 N–H and O–H groups in total. The van der Waals surface area contributed by atoms with Crippen molar-refractivity contribution in [1.82, 2.24) is 0 Å². The maximum atomic E-state index is 12.1. The largest absolute Gasteiger partial charge is 1.00 e. The van der Waals surface area contributed by atoms with Crippen LogP contribution in [0.2, 0.25) is 0 Å².